The van der Waals surface area contributed by atoms with E-state index in [-0.39, 0.29) is 10.8 Å². The molecule has 1 rings (SSSR count). The molecular weight excluding hydrogens is 204 g/mol. The summed E-state index contributed by atoms with van der Waals surface area (Å²) in [6.07, 6.45) is 1.11. The van der Waals surface area contributed by atoms with Crippen LogP contribution in [0.25, 0.3) is 0 Å². The topological polar surface area (TPSA) is 56.0 Å². The highest BCUT2D eigenvalue weighted by Crippen LogP contribution is 2.11. The van der Waals surface area contributed by atoms with Crippen LogP contribution in [0.4, 0.5) is 5.69 Å². The molecule has 0 amide bonds. The lowest BCUT2D eigenvalue weighted by atomic mass is 10.4. The van der Waals surface area contributed by atoms with E-state index in [1.54, 1.807) is 0 Å². The van der Waals surface area contributed by atoms with Crippen molar-refractivity contribution in [2.45, 2.75) is 27.7 Å². The van der Waals surface area contributed by atoms with Crippen molar-refractivity contribution in [2.24, 2.45) is 0 Å². The third-order valence-corrected chi connectivity index (χ3v) is 1.15. The van der Waals surface area contributed by atoms with Crippen LogP contribution in [0.1, 0.15) is 27.7 Å². The summed E-state index contributed by atoms with van der Waals surface area (Å²) < 4.78 is 0. The highest BCUT2D eigenvalue weighted by Gasteiger charge is 2.02. The number of aromatic nitrogens is 1. The van der Waals surface area contributed by atoms with Crippen LogP contribution in [0.2, 0.25) is 5.15 Å². The summed E-state index contributed by atoms with van der Waals surface area (Å²) in [5.41, 5.74) is -0.0515. The Bertz CT molecular complexity index is 249. The molecule has 5 heteroatoms. The summed E-state index contributed by atoms with van der Waals surface area (Å²) >= 11 is 5.38. The van der Waals surface area contributed by atoms with Gasteiger partial charge in [-0.05, 0) is 6.07 Å². The minimum absolute atomic E-state index is 0.0515. The van der Waals surface area contributed by atoms with Gasteiger partial charge in [-0.3, -0.25) is 10.1 Å². The van der Waals surface area contributed by atoms with Gasteiger partial charge in [-0.25, -0.2) is 4.98 Å². The summed E-state index contributed by atoms with van der Waals surface area (Å²) in [6.45, 7) is 8.00. The van der Waals surface area contributed by atoms with Crippen molar-refractivity contribution >= 4 is 17.3 Å². The maximum absolute atomic E-state index is 10.0. The molecule has 1 aromatic heterocycles. The molecule has 0 fully saturated rings. The number of nitro groups is 1. The first-order valence-corrected chi connectivity index (χ1v) is 4.84. The van der Waals surface area contributed by atoms with Gasteiger partial charge in [0.1, 0.15) is 11.3 Å². The Morgan fingerprint density at radius 2 is 1.79 bits per heavy atom. The molecule has 0 saturated heterocycles. The monoisotopic (exact) mass is 218 g/mol. The molecule has 0 aromatic carbocycles. The zero-order valence-electron chi connectivity index (χ0n) is 8.82. The van der Waals surface area contributed by atoms with Crippen LogP contribution in [-0.4, -0.2) is 9.91 Å². The fourth-order valence-electron chi connectivity index (χ4n) is 0.476. The van der Waals surface area contributed by atoms with Gasteiger partial charge < -0.3 is 0 Å². The van der Waals surface area contributed by atoms with Crippen molar-refractivity contribution in [1.82, 2.24) is 4.98 Å². The van der Waals surface area contributed by atoms with Crippen LogP contribution >= 0.6 is 11.6 Å². The largest absolute Gasteiger partial charge is 0.287 e. The van der Waals surface area contributed by atoms with Crippen molar-refractivity contribution in [3.8, 4) is 0 Å². The van der Waals surface area contributed by atoms with Crippen LogP contribution in [0.3, 0.4) is 0 Å². The van der Waals surface area contributed by atoms with E-state index in [9.17, 15) is 10.1 Å². The molecule has 0 aliphatic carbocycles. The third-order valence-electron chi connectivity index (χ3n) is 0.923. The van der Waals surface area contributed by atoms with E-state index < -0.39 is 4.92 Å². The smallest absolute Gasteiger partial charge is 0.258 e. The summed E-state index contributed by atoms with van der Waals surface area (Å²) in [5.74, 6) is 0. The molecule has 0 atom stereocenters. The number of hydrogen-bond acceptors (Lipinski definition) is 3. The number of rotatable bonds is 1. The van der Waals surface area contributed by atoms with Gasteiger partial charge in [-0.15, -0.1) is 0 Å². The molecule has 0 unspecified atom stereocenters. The Kier molecular flexibility index (Phi) is 10.9. The molecule has 1 heterocycles. The quantitative estimate of drug-likeness (QED) is 0.410. The summed E-state index contributed by atoms with van der Waals surface area (Å²) in [6, 6.07) is 2.68. The summed E-state index contributed by atoms with van der Waals surface area (Å²) in [5, 5.41) is 10.3. The van der Waals surface area contributed by atoms with Crippen molar-refractivity contribution in [3.05, 3.63) is 33.6 Å². The Morgan fingerprint density at radius 3 is 2.07 bits per heavy atom. The van der Waals surface area contributed by atoms with Gasteiger partial charge in [-0.1, -0.05) is 39.3 Å². The normalized spacial score (nSPS) is 7.50. The second kappa shape index (κ2) is 9.92. The van der Waals surface area contributed by atoms with Crippen LogP contribution in [0.5, 0.6) is 0 Å². The Hall–Kier alpha value is -1.16. The van der Waals surface area contributed by atoms with E-state index in [0.717, 1.165) is 6.20 Å². The Morgan fingerprint density at radius 1 is 1.29 bits per heavy atom. The molecule has 0 aliphatic rings. The maximum atomic E-state index is 10.0. The average Bonchev–Trinajstić information content (AvgIpc) is 2.24. The molecule has 0 spiro atoms. The number of halogens is 1. The molecule has 4 nitrogen and oxygen atoms in total. The van der Waals surface area contributed by atoms with Gasteiger partial charge in [0.25, 0.3) is 5.69 Å². The predicted octanol–water partition coefficient (Wildman–Crippen LogP) is 3.70. The van der Waals surface area contributed by atoms with Crippen LogP contribution in [-0.2, 0) is 0 Å². The first-order chi connectivity index (χ1) is 6.70. The minimum atomic E-state index is -0.524. The molecule has 0 bridgehead atoms. The van der Waals surface area contributed by atoms with Gasteiger partial charge in [-0.2, -0.15) is 0 Å². The first-order valence-electron chi connectivity index (χ1n) is 4.46. The van der Waals surface area contributed by atoms with E-state index in [4.69, 9.17) is 11.6 Å². The number of nitrogens with zero attached hydrogens (tertiary/aromatic N) is 2. The van der Waals surface area contributed by atoms with Crippen molar-refractivity contribution in [1.29, 1.82) is 0 Å². The van der Waals surface area contributed by atoms with Gasteiger partial charge in [0, 0.05) is 6.07 Å². The van der Waals surface area contributed by atoms with E-state index in [1.807, 2.05) is 27.7 Å². The maximum Gasteiger partial charge on any atom is 0.287 e. The molecule has 14 heavy (non-hydrogen) atoms. The second-order valence-electron chi connectivity index (χ2n) is 1.60. The average molecular weight is 219 g/mol. The first kappa shape index (κ1) is 15.3. The van der Waals surface area contributed by atoms with Crippen LogP contribution in [0.15, 0.2) is 18.3 Å². The van der Waals surface area contributed by atoms with E-state index >= 15 is 0 Å². The van der Waals surface area contributed by atoms with E-state index in [2.05, 4.69) is 4.98 Å². The van der Waals surface area contributed by atoms with E-state index in [0.29, 0.717) is 0 Å². The van der Waals surface area contributed by atoms with Crippen LogP contribution in [0, 0.1) is 10.1 Å². The zero-order valence-corrected chi connectivity index (χ0v) is 9.58. The van der Waals surface area contributed by atoms with Crippen molar-refractivity contribution in [3.63, 3.8) is 0 Å². The fraction of sp³-hybridized carbons (Fsp3) is 0.444. The second-order valence-corrected chi connectivity index (χ2v) is 1.98. The van der Waals surface area contributed by atoms with E-state index in [1.165, 1.54) is 12.1 Å². The Labute approximate surface area is 89.1 Å². The minimum Gasteiger partial charge on any atom is -0.258 e. The zero-order chi connectivity index (χ0) is 11.6. The molecule has 1 aromatic rings. The number of pyridine rings is 1. The highest BCUT2D eigenvalue weighted by molar-refractivity contribution is 6.29. The molecule has 0 saturated carbocycles. The fourth-order valence-corrected chi connectivity index (χ4v) is 0.588. The van der Waals surface area contributed by atoms with Gasteiger partial charge in [0.05, 0.1) is 4.92 Å². The molecule has 0 N–H and O–H groups in total. The molecule has 0 aliphatic heterocycles. The standard InChI is InChI=1S/C5H3ClN2O2.2C2H6/c6-5-2-1-4(3-7-5)8(9)10;2*1-2/h1-3H;2*1-2H3. The van der Waals surface area contributed by atoms with Gasteiger partial charge in [0.2, 0.25) is 0 Å². The van der Waals surface area contributed by atoms with Crippen LogP contribution < -0.4 is 0 Å². The molecular formula is C9H15ClN2O2. The van der Waals surface area contributed by atoms with Crippen molar-refractivity contribution < 1.29 is 4.92 Å². The molecule has 80 valence electrons. The lowest BCUT2D eigenvalue weighted by Crippen LogP contribution is -1.87. The SMILES string of the molecule is CC.CC.O=[N+]([O-])c1ccc(Cl)nc1. The highest BCUT2D eigenvalue weighted by atomic mass is 35.5. The summed E-state index contributed by atoms with van der Waals surface area (Å²) in [4.78, 5) is 13.0. The predicted molar refractivity (Wildman–Crippen MR) is 58.6 cm³/mol. The van der Waals surface area contributed by atoms with Crippen molar-refractivity contribution in [2.75, 3.05) is 0 Å². The lowest BCUT2D eigenvalue weighted by molar-refractivity contribution is -0.385. The Balaban J connectivity index is 0. The van der Waals surface area contributed by atoms with Gasteiger partial charge in [0.15, 0.2) is 0 Å². The molecule has 0 radical (unpaired) electrons. The third kappa shape index (κ3) is 6.37. The number of hydrogen-bond donors (Lipinski definition) is 0. The summed E-state index contributed by atoms with van der Waals surface area (Å²) in [7, 11) is 0. The lowest BCUT2D eigenvalue weighted by Gasteiger charge is -1.88. The van der Waals surface area contributed by atoms with Gasteiger partial charge >= 0.3 is 0 Å².